The number of hydrogen-bond donors (Lipinski definition) is 0. The van der Waals surface area contributed by atoms with Crippen molar-refractivity contribution in [1.29, 1.82) is 10.5 Å². The van der Waals surface area contributed by atoms with Crippen molar-refractivity contribution >= 4 is 46.2 Å². The Hall–Kier alpha value is -2.83. The number of rotatable bonds is 2. The zero-order valence-electron chi connectivity index (χ0n) is 15.0. The van der Waals surface area contributed by atoms with Crippen LogP contribution >= 0.6 is 34.5 Å². The molecule has 0 N–H and O–H groups in total. The third-order valence-electron chi connectivity index (χ3n) is 4.20. The van der Waals surface area contributed by atoms with Crippen molar-refractivity contribution in [3.8, 4) is 17.8 Å². The van der Waals surface area contributed by atoms with Gasteiger partial charge in [0, 0.05) is 15.6 Å². The molecule has 0 aliphatic heterocycles. The highest BCUT2D eigenvalue weighted by atomic mass is 35.5. The molecule has 0 aliphatic carbocycles. The molecule has 1 aromatic heterocycles. The minimum Gasteiger partial charge on any atom is -0.267 e. The Morgan fingerprint density at radius 1 is 1.04 bits per heavy atom. The monoisotopic (exact) mass is 425 g/mol. The van der Waals surface area contributed by atoms with Gasteiger partial charge in [0.1, 0.15) is 16.8 Å². The highest BCUT2D eigenvalue weighted by molar-refractivity contribution is 7.07. The first kappa shape index (κ1) is 19.9. The van der Waals surface area contributed by atoms with Crippen molar-refractivity contribution in [2.24, 2.45) is 0 Å². The molecule has 4 nitrogen and oxygen atoms in total. The standard InChI is InChI=1S/C21H13Cl2N3OS/c1-12-5-3-6-13(2)19(12)26-20(27)18(28-21(26)14(10-24)11-25)9-15-16(22)7-4-8-17(15)23/h3-9H,1-2H3/b18-9+. The fraction of sp³-hybridized carbons (Fsp3) is 0.0952. The molecule has 0 bridgehead atoms. The van der Waals surface area contributed by atoms with E-state index in [1.807, 2.05) is 44.2 Å². The number of benzene rings is 2. The summed E-state index contributed by atoms with van der Waals surface area (Å²) >= 11 is 13.5. The van der Waals surface area contributed by atoms with E-state index in [1.54, 1.807) is 24.3 Å². The minimum absolute atomic E-state index is 0.130. The predicted molar refractivity (Wildman–Crippen MR) is 113 cm³/mol. The molecule has 3 rings (SSSR count). The molecule has 1 heterocycles. The maximum absolute atomic E-state index is 13.3. The molecule has 138 valence electrons. The number of nitrogens with zero attached hydrogens (tertiary/aromatic N) is 3. The van der Waals surface area contributed by atoms with Gasteiger partial charge in [0.15, 0.2) is 5.57 Å². The van der Waals surface area contributed by atoms with Gasteiger partial charge in [-0.25, -0.2) is 0 Å². The Labute approximate surface area is 175 Å². The summed E-state index contributed by atoms with van der Waals surface area (Å²) in [5.74, 6) is 0. The molecule has 2 aromatic carbocycles. The maximum atomic E-state index is 13.3. The smallest absolute Gasteiger partial charge is 0.267 e. The average Bonchev–Trinajstić information content (AvgIpc) is 2.96. The van der Waals surface area contributed by atoms with Gasteiger partial charge in [0.25, 0.3) is 5.56 Å². The van der Waals surface area contributed by atoms with E-state index in [4.69, 9.17) is 23.2 Å². The first-order chi connectivity index (χ1) is 13.4. The van der Waals surface area contributed by atoms with E-state index in [-0.39, 0.29) is 15.8 Å². The summed E-state index contributed by atoms with van der Waals surface area (Å²) in [5, 5.41) is 19.6. The summed E-state index contributed by atoms with van der Waals surface area (Å²) in [6.07, 6.45) is 1.59. The van der Waals surface area contributed by atoms with E-state index in [9.17, 15) is 15.3 Å². The predicted octanol–water partition coefficient (Wildman–Crippen LogP) is 3.85. The molecule has 28 heavy (non-hydrogen) atoms. The molecule has 0 radical (unpaired) electrons. The SMILES string of the molecule is Cc1cccc(C)c1-n1c(=C(C#N)C#N)s/c(=C/c2c(Cl)cccc2Cl)c1=O. The highest BCUT2D eigenvalue weighted by Gasteiger charge is 2.15. The number of para-hydroxylation sites is 1. The number of nitriles is 2. The summed E-state index contributed by atoms with van der Waals surface area (Å²) < 4.78 is 2.03. The largest absolute Gasteiger partial charge is 0.273 e. The molecule has 0 atom stereocenters. The van der Waals surface area contributed by atoms with E-state index >= 15 is 0 Å². The van der Waals surface area contributed by atoms with Gasteiger partial charge in [0.05, 0.1) is 10.2 Å². The molecule has 0 aliphatic rings. The van der Waals surface area contributed by atoms with Gasteiger partial charge in [-0.05, 0) is 43.2 Å². The van der Waals surface area contributed by atoms with Crippen LogP contribution in [0.2, 0.25) is 10.0 Å². The summed E-state index contributed by atoms with van der Waals surface area (Å²) in [6.45, 7) is 3.76. The number of hydrogen-bond acceptors (Lipinski definition) is 4. The van der Waals surface area contributed by atoms with Crippen molar-refractivity contribution < 1.29 is 0 Å². The van der Waals surface area contributed by atoms with Crippen LogP contribution < -0.4 is 14.8 Å². The highest BCUT2D eigenvalue weighted by Crippen LogP contribution is 2.24. The van der Waals surface area contributed by atoms with Gasteiger partial charge in [-0.1, -0.05) is 47.5 Å². The van der Waals surface area contributed by atoms with Crippen LogP contribution in [0.1, 0.15) is 16.7 Å². The summed E-state index contributed by atoms with van der Waals surface area (Å²) in [7, 11) is 0. The Morgan fingerprint density at radius 3 is 2.11 bits per heavy atom. The van der Waals surface area contributed by atoms with E-state index in [1.165, 1.54) is 4.57 Å². The molecule has 0 saturated heterocycles. The molecule has 3 aromatic rings. The van der Waals surface area contributed by atoms with Crippen LogP contribution in [0.3, 0.4) is 0 Å². The van der Waals surface area contributed by atoms with Gasteiger partial charge in [-0.15, -0.1) is 11.3 Å². The molecule has 0 saturated carbocycles. The zero-order chi connectivity index (χ0) is 20.4. The van der Waals surface area contributed by atoms with Crippen LogP contribution in [0.5, 0.6) is 0 Å². The fourth-order valence-corrected chi connectivity index (χ4v) is 4.44. The van der Waals surface area contributed by atoms with Crippen LogP contribution in [0.25, 0.3) is 17.3 Å². The molecule has 0 fully saturated rings. The summed E-state index contributed by atoms with van der Waals surface area (Å²) in [4.78, 5) is 13.3. The third kappa shape index (κ3) is 3.48. The summed E-state index contributed by atoms with van der Waals surface area (Å²) in [6, 6.07) is 14.5. The molecule has 0 unspecified atom stereocenters. The van der Waals surface area contributed by atoms with Crippen molar-refractivity contribution in [3.05, 3.63) is 82.7 Å². The molecular weight excluding hydrogens is 413 g/mol. The normalized spacial score (nSPS) is 11.1. The Morgan fingerprint density at radius 2 is 1.57 bits per heavy atom. The van der Waals surface area contributed by atoms with Crippen LogP contribution in [-0.4, -0.2) is 4.57 Å². The molecule has 7 heteroatoms. The van der Waals surface area contributed by atoms with Gasteiger partial charge in [0.2, 0.25) is 0 Å². The van der Waals surface area contributed by atoms with Crippen molar-refractivity contribution in [3.63, 3.8) is 0 Å². The van der Waals surface area contributed by atoms with Crippen molar-refractivity contribution in [2.75, 3.05) is 0 Å². The van der Waals surface area contributed by atoms with Crippen LogP contribution in [0.15, 0.2) is 41.2 Å². The van der Waals surface area contributed by atoms with Crippen molar-refractivity contribution in [2.45, 2.75) is 13.8 Å². The first-order valence-corrected chi connectivity index (χ1v) is 9.75. The van der Waals surface area contributed by atoms with Gasteiger partial charge in [-0.2, -0.15) is 10.5 Å². The topological polar surface area (TPSA) is 69.6 Å². The Kier molecular flexibility index (Phi) is 5.72. The van der Waals surface area contributed by atoms with E-state index < -0.39 is 0 Å². The molecular formula is C21H13Cl2N3OS. The summed E-state index contributed by atoms with van der Waals surface area (Å²) in [5.41, 5.74) is 2.43. The zero-order valence-corrected chi connectivity index (χ0v) is 17.3. The second-order valence-corrected chi connectivity index (χ2v) is 7.88. The third-order valence-corrected chi connectivity index (χ3v) is 5.95. The van der Waals surface area contributed by atoms with Crippen LogP contribution in [-0.2, 0) is 0 Å². The first-order valence-electron chi connectivity index (χ1n) is 8.17. The van der Waals surface area contributed by atoms with Gasteiger partial charge < -0.3 is 0 Å². The van der Waals surface area contributed by atoms with E-state index in [0.717, 1.165) is 22.5 Å². The lowest BCUT2D eigenvalue weighted by molar-refractivity contribution is 0.962. The lowest BCUT2D eigenvalue weighted by atomic mass is 10.1. The minimum atomic E-state index is -0.337. The second kappa shape index (κ2) is 8.04. The quantitative estimate of drug-likeness (QED) is 0.625. The maximum Gasteiger partial charge on any atom is 0.273 e. The second-order valence-electron chi connectivity index (χ2n) is 6.03. The lowest BCUT2D eigenvalue weighted by Crippen LogP contribution is -2.31. The van der Waals surface area contributed by atoms with Gasteiger partial charge >= 0.3 is 0 Å². The fourth-order valence-electron chi connectivity index (χ4n) is 2.91. The van der Waals surface area contributed by atoms with Crippen LogP contribution in [0.4, 0.5) is 0 Å². The Bertz CT molecular complexity index is 1300. The number of thiazole rings is 1. The number of aromatic nitrogens is 1. The van der Waals surface area contributed by atoms with E-state index in [2.05, 4.69) is 0 Å². The lowest BCUT2D eigenvalue weighted by Gasteiger charge is -2.10. The van der Waals surface area contributed by atoms with Crippen molar-refractivity contribution in [1.82, 2.24) is 4.57 Å². The Balaban J connectivity index is 2.52. The molecule has 0 amide bonds. The number of halogens is 2. The van der Waals surface area contributed by atoms with E-state index in [0.29, 0.717) is 25.8 Å². The van der Waals surface area contributed by atoms with Gasteiger partial charge in [-0.3, -0.25) is 9.36 Å². The molecule has 0 spiro atoms. The number of aryl methyl sites for hydroxylation is 2. The van der Waals surface area contributed by atoms with Crippen LogP contribution in [0, 0.1) is 36.5 Å². The average molecular weight is 426 g/mol.